The molecule has 0 aliphatic rings. The summed E-state index contributed by atoms with van der Waals surface area (Å²) in [5.74, 6) is 0. The largest absolute Gasteiger partial charge is 0.387 e. The maximum atomic E-state index is 4.62. The van der Waals surface area contributed by atoms with Gasteiger partial charge in [-0.2, -0.15) is 0 Å². The molecular weight excluding hydrogens is 300 g/mol. The Bertz CT molecular complexity index is 692. The minimum atomic E-state index is 0.676. The van der Waals surface area contributed by atoms with Gasteiger partial charge < -0.3 is 5.32 Å². The van der Waals surface area contributed by atoms with Crippen LogP contribution in [0.2, 0.25) is 0 Å². The van der Waals surface area contributed by atoms with E-state index in [4.69, 9.17) is 0 Å². The molecule has 0 aliphatic carbocycles. The van der Waals surface area contributed by atoms with Crippen LogP contribution >= 0.6 is 12.6 Å². The molecule has 2 nitrogen and oxygen atoms in total. The Balaban J connectivity index is 3.41. The summed E-state index contributed by atoms with van der Waals surface area (Å²) in [5, 5.41) is 3.18. The molecule has 0 heterocycles. The van der Waals surface area contributed by atoms with Crippen molar-refractivity contribution in [3.8, 4) is 0 Å². The number of nitrogens with zero attached hydrogens (tertiary/aromatic N) is 1. The Morgan fingerprint density at radius 1 is 1.26 bits per heavy atom. The van der Waals surface area contributed by atoms with Crippen molar-refractivity contribution in [2.45, 2.75) is 18.7 Å². The second-order valence-electron chi connectivity index (χ2n) is 4.76. The van der Waals surface area contributed by atoms with E-state index in [9.17, 15) is 0 Å². The van der Waals surface area contributed by atoms with Crippen LogP contribution in [0.1, 0.15) is 25.0 Å². The number of rotatable bonds is 7. The lowest BCUT2D eigenvalue weighted by molar-refractivity contribution is 1.32. The van der Waals surface area contributed by atoms with Gasteiger partial charge in [-0.25, -0.2) is 0 Å². The molecule has 0 unspecified atom stereocenters. The van der Waals surface area contributed by atoms with Gasteiger partial charge in [0.15, 0.2) is 0 Å². The molecule has 3 heteroatoms. The van der Waals surface area contributed by atoms with Crippen molar-refractivity contribution in [1.29, 1.82) is 0 Å². The average Bonchev–Trinajstić information content (AvgIpc) is 2.56. The summed E-state index contributed by atoms with van der Waals surface area (Å²) in [6, 6.07) is 4.12. The molecule has 0 bridgehead atoms. The van der Waals surface area contributed by atoms with Crippen LogP contribution in [0.4, 0.5) is 5.69 Å². The Hall–Kier alpha value is -2.26. The first-order valence-corrected chi connectivity index (χ1v) is 7.88. The fourth-order valence-corrected chi connectivity index (χ4v) is 2.40. The number of thiol groups is 1. The van der Waals surface area contributed by atoms with Gasteiger partial charge in [0.1, 0.15) is 0 Å². The predicted molar refractivity (Wildman–Crippen MR) is 109 cm³/mol. The Morgan fingerprint density at radius 2 is 2.00 bits per heavy atom. The predicted octanol–water partition coefficient (Wildman–Crippen LogP) is 5.78. The number of anilines is 1. The second kappa shape index (κ2) is 9.70. The van der Waals surface area contributed by atoms with Gasteiger partial charge in [0.25, 0.3) is 0 Å². The summed E-state index contributed by atoms with van der Waals surface area (Å²) in [6.07, 6.45) is 13.3. The van der Waals surface area contributed by atoms with Gasteiger partial charge >= 0.3 is 0 Å². The van der Waals surface area contributed by atoms with Gasteiger partial charge in [0.05, 0.1) is 5.70 Å². The highest BCUT2D eigenvalue weighted by Gasteiger charge is 2.11. The van der Waals surface area contributed by atoms with Gasteiger partial charge in [-0.15, -0.1) is 12.6 Å². The third-order valence-corrected chi connectivity index (χ3v) is 3.74. The maximum absolute atomic E-state index is 4.62. The minimum absolute atomic E-state index is 0.676. The third-order valence-electron chi connectivity index (χ3n) is 3.26. The molecule has 0 atom stereocenters. The van der Waals surface area contributed by atoms with E-state index >= 15 is 0 Å². The fraction of sp³-hybridized carbons (Fsp3) is 0.150. The average molecular weight is 324 g/mol. The highest BCUT2D eigenvalue weighted by molar-refractivity contribution is 7.80. The minimum Gasteiger partial charge on any atom is -0.387 e. The van der Waals surface area contributed by atoms with Gasteiger partial charge in [0.2, 0.25) is 0 Å². The first-order valence-electron chi connectivity index (χ1n) is 7.44. The highest BCUT2D eigenvalue weighted by Crippen LogP contribution is 2.33. The van der Waals surface area contributed by atoms with Gasteiger partial charge in [-0.3, -0.25) is 4.99 Å². The van der Waals surface area contributed by atoms with Crippen molar-refractivity contribution in [1.82, 2.24) is 0 Å². The van der Waals surface area contributed by atoms with E-state index in [-0.39, 0.29) is 0 Å². The van der Waals surface area contributed by atoms with Crippen LogP contribution in [0, 0.1) is 0 Å². The molecule has 1 N–H and O–H groups in total. The second-order valence-corrected chi connectivity index (χ2v) is 5.21. The van der Waals surface area contributed by atoms with E-state index < -0.39 is 0 Å². The van der Waals surface area contributed by atoms with Crippen LogP contribution in [-0.4, -0.2) is 13.3 Å². The molecule has 1 aromatic rings. The van der Waals surface area contributed by atoms with Crippen molar-refractivity contribution < 1.29 is 0 Å². The Morgan fingerprint density at radius 3 is 2.57 bits per heavy atom. The summed E-state index contributed by atoms with van der Waals surface area (Å²) in [5.41, 5.74) is 4.69. The molecule has 120 valence electrons. The molecule has 1 aromatic carbocycles. The lowest BCUT2D eigenvalue weighted by atomic mass is 10.00. The quantitative estimate of drug-likeness (QED) is 0.371. The Kier molecular flexibility index (Phi) is 7.92. The van der Waals surface area contributed by atoms with Crippen molar-refractivity contribution in [3.05, 3.63) is 72.9 Å². The molecule has 0 amide bonds. The van der Waals surface area contributed by atoms with Crippen LogP contribution in [0.25, 0.3) is 11.3 Å². The SMILES string of the molecule is C=C/C=C\C(=C/C)c1cc(NC)c(S)c(C(=C)N=C/C=C\C)c1. The fourth-order valence-electron chi connectivity index (χ4n) is 2.03. The maximum Gasteiger partial charge on any atom is 0.0642 e. The van der Waals surface area contributed by atoms with Crippen LogP contribution in [-0.2, 0) is 0 Å². The summed E-state index contributed by atoms with van der Waals surface area (Å²) >= 11 is 4.62. The monoisotopic (exact) mass is 324 g/mol. The smallest absolute Gasteiger partial charge is 0.0642 e. The number of aliphatic imine (C=N–C) groups is 1. The Labute approximate surface area is 145 Å². The zero-order chi connectivity index (χ0) is 17.2. The van der Waals surface area contributed by atoms with E-state index in [1.54, 1.807) is 12.3 Å². The lowest BCUT2D eigenvalue weighted by Crippen LogP contribution is -1.96. The van der Waals surface area contributed by atoms with Crippen molar-refractivity contribution in [3.63, 3.8) is 0 Å². The van der Waals surface area contributed by atoms with Crippen molar-refractivity contribution in [2.24, 2.45) is 4.99 Å². The molecule has 1 rings (SSSR count). The van der Waals surface area contributed by atoms with E-state index in [1.807, 2.05) is 45.2 Å². The number of allylic oxidation sites excluding steroid dienone is 7. The van der Waals surface area contributed by atoms with Crippen LogP contribution < -0.4 is 5.32 Å². The van der Waals surface area contributed by atoms with Gasteiger partial charge in [-0.1, -0.05) is 43.5 Å². The molecule has 0 aromatic heterocycles. The first-order chi connectivity index (χ1) is 11.1. The number of nitrogens with one attached hydrogen (secondary N) is 1. The van der Waals surface area contributed by atoms with E-state index in [2.05, 4.69) is 54.3 Å². The van der Waals surface area contributed by atoms with Crippen LogP contribution in [0.5, 0.6) is 0 Å². The topological polar surface area (TPSA) is 24.4 Å². The summed E-state index contributed by atoms with van der Waals surface area (Å²) in [7, 11) is 1.88. The van der Waals surface area contributed by atoms with E-state index in [1.165, 1.54) is 0 Å². The molecule has 23 heavy (non-hydrogen) atoms. The van der Waals surface area contributed by atoms with Gasteiger partial charge in [0, 0.05) is 29.4 Å². The first kappa shape index (κ1) is 18.8. The van der Waals surface area contributed by atoms with E-state index in [0.29, 0.717) is 5.70 Å². The standard InChI is InChI=1S/C20H24N2S/c1-6-9-11-16(8-3)17-13-18(15(4)22-12-10-7-2)20(23)19(14-17)21-5/h6-14,21,23H,1,4H2,2-3,5H3/b10-7-,11-9-,16-8+,22-12?. The van der Waals surface area contributed by atoms with Crippen LogP contribution in [0.15, 0.2) is 71.6 Å². The summed E-state index contributed by atoms with van der Waals surface area (Å²) in [4.78, 5) is 5.21. The number of hydrogen-bond donors (Lipinski definition) is 2. The number of benzene rings is 1. The molecule has 0 fully saturated rings. The van der Waals surface area contributed by atoms with E-state index in [0.717, 1.165) is 27.3 Å². The summed E-state index contributed by atoms with van der Waals surface area (Å²) < 4.78 is 0. The molecule has 0 saturated carbocycles. The zero-order valence-electron chi connectivity index (χ0n) is 14.0. The normalized spacial score (nSPS) is 12.4. The molecule has 0 radical (unpaired) electrons. The van der Waals surface area contributed by atoms with Crippen molar-refractivity contribution >= 4 is 35.8 Å². The molecule has 0 aliphatic heterocycles. The van der Waals surface area contributed by atoms with Gasteiger partial charge in [-0.05, 0) is 43.2 Å². The molecule has 0 spiro atoms. The van der Waals surface area contributed by atoms with Crippen LogP contribution in [0.3, 0.4) is 0 Å². The lowest BCUT2D eigenvalue weighted by Gasteiger charge is -2.14. The molecule has 0 saturated heterocycles. The highest BCUT2D eigenvalue weighted by atomic mass is 32.1. The molecular formula is C20H24N2S. The third kappa shape index (κ3) is 5.15. The summed E-state index contributed by atoms with van der Waals surface area (Å²) in [6.45, 7) is 11.7. The number of hydrogen-bond acceptors (Lipinski definition) is 3. The zero-order valence-corrected chi connectivity index (χ0v) is 14.9. The van der Waals surface area contributed by atoms with Crippen molar-refractivity contribution in [2.75, 3.05) is 12.4 Å².